The number of piperazine rings is 1. The minimum atomic E-state index is -3.63. The van der Waals surface area contributed by atoms with Gasteiger partial charge in [0.05, 0.1) is 4.90 Å². The number of nitrogens with zero attached hydrogens (tertiary/aromatic N) is 4. The van der Waals surface area contributed by atoms with Gasteiger partial charge in [-0.25, -0.2) is 8.42 Å². The molecule has 2 aromatic carbocycles. The molecule has 0 bridgehead atoms. The lowest BCUT2D eigenvalue weighted by Crippen LogP contribution is -2.50. The van der Waals surface area contributed by atoms with Crippen molar-refractivity contribution in [1.29, 1.82) is 0 Å². The van der Waals surface area contributed by atoms with E-state index in [-0.39, 0.29) is 19.0 Å². The molecule has 1 fully saturated rings. The Hall–Kier alpha value is -2.71. The van der Waals surface area contributed by atoms with Crippen molar-refractivity contribution in [1.82, 2.24) is 19.0 Å². The highest BCUT2D eigenvalue weighted by atomic mass is 32.2. The summed E-state index contributed by atoms with van der Waals surface area (Å²) < 4.78 is 30.0. The second-order valence-corrected chi connectivity index (χ2v) is 9.78. The van der Waals surface area contributed by atoms with E-state index < -0.39 is 10.0 Å². The van der Waals surface area contributed by atoms with E-state index in [1.807, 2.05) is 41.1 Å². The highest BCUT2D eigenvalue weighted by Crippen LogP contribution is 2.26. The predicted molar refractivity (Wildman–Crippen MR) is 114 cm³/mol. The Morgan fingerprint density at radius 2 is 1.67 bits per heavy atom. The first kappa shape index (κ1) is 19.3. The second-order valence-electron chi connectivity index (χ2n) is 7.87. The van der Waals surface area contributed by atoms with E-state index in [4.69, 9.17) is 0 Å². The minimum Gasteiger partial charge on any atom is -0.335 e. The molecule has 5 rings (SSSR count). The first-order valence-corrected chi connectivity index (χ1v) is 11.8. The monoisotopic (exact) mass is 424 g/mol. The summed E-state index contributed by atoms with van der Waals surface area (Å²) in [6.45, 7) is 2.16. The average molecular weight is 425 g/mol. The van der Waals surface area contributed by atoms with Gasteiger partial charge >= 0.3 is 0 Å². The lowest BCUT2D eigenvalue weighted by molar-refractivity contribution is 0.0691. The largest absolute Gasteiger partial charge is 0.335 e. The van der Waals surface area contributed by atoms with E-state index in [1.165, 1.54) is 4.31 Å². The molecule has 0 unspecified atom stereocenters. The molecule has 1 aromatic heterocycles. The van der Waals surface area contributed by atoms with E-state index in [0.29, 0.717) is 23.7 Å². The zero-order chi connectivity index (χ0) is 20.7. The molecule has 8 heteroatoms. The summed E-state index contributed by atoms with van der Waals surface area (Å²) in [6.07, 6.45) is 3.17. The summed E-state index contributed by atoms with van der Waals surface area (Å²) in [5, 5.41) is 6.09. The molecule has 0 saturated carbocycles. The Labute approximate surface area is 175 Å². The van der Waals surface area contributed by atoms with E-state index >= 15 is 0 Å². The first-order valence-electron chi connectivity index (χ1n) is 10.4. The number of carbonyl (C=O) groups is 1. The molecule has 3 aromatic rings. The number of amides is 1. The number of benzene rings is 2. The third-order valence-corrected chi connectivity index (χ3v) is 7.99. The second kappa shape index (κ2) is 7.52. The third-order valence-electron chi connectivity index (χ3n) is 6.03. The normalized spacial score (nSPS) is 17.8. The zero-order valence-corrected chi connectivity index (χ0v) is 17.5. The number of carbonyl (C=O) groups excluding carboxylic acids is 1. The molecular weight excluding hydrogens is 400 g/mol. The summed E-state index contributed by atoms with van der Waals surface area (Å²) in [6, 6.07) is 14.7. The molecule has 0 radical (unpaired) electrons. The maximum atomic E-state index is 13.3. The summed E-state index contributed by atoms with van der Waals surface area (Å²) in [7, 11) is -3.63. The quantitative estimate of drug-likeness (QED) is 0.648. The molecule has 7 nitrogen and oxygen atoms in total. The van der Waals surface area contributed by atoms with Crippen molar-refractivity contribution in [2.75, 3.05) is 26.2 Å². The lowest BCUT2D eigenvalue weighted by atomic mass is 10.1. The SMILES string of the molecule is O=C(c1cc2n(n1)CCCC2)N1CCN(S(=O)(=O)c2cccc3ccccc23)CC1. The van der Waals surface area contributed by atoms with Crippen LogP contribution in [0.2, 0.25) is 0 Å². The van der Waals surface area contributed by atoms with E-state index in [1.54, 1.807) is 17.0 Å². The van der Waals surface area contributed by atoms with Crippen LogP contribution in [0.25, 0.3) is 10.8 Å². The Kier molecular flexibility index (Phi) is 4.83. The smallest absolute Gasteiger partial charge is 0.274 e. The van der Waals surface area contributed by atoms with Crippen molar-refractivity contribution in [3.63, 3.8) is 0 Å². The Morgan fingerprint density at radius 1 is 0.900 bits per heavy atom. The van der Waals surface area contributed by atoms with Crippen LogP contribution in [0.4, 0.5) is 0 Å². The fourth-order valence-corrected chi connectivity index (χ4v) is 6.01. The molecule has 30 heavy (non-hydrogen) atoms. The number of aryl methyl sites for hydroxylation is 2. The van der Waals surface area contributed by atoms with Gasteiger partial charge in [-0.3, -0.25) is 9.48 Å². The molecule has 156 valence electrons. The molecule has 0 spiro atoms. The minimum absolute atomic E-state index is 0.112. The van der Waals surface area contributed by atoms with Crippen LogP contribution in [-0.2, 0) is 23.0 Å². The van der Waals surface area contributed by atoms with Crippen LogP contribution in [0.5, 0.6) is 0 Å². The lowest BCUT2D eigenvalue weighted by Gasteiger charge is -2.33. The van der Waals surface area contributed by atoms with Crippen molar-refractivity contribution in [3.05, 3.63) is 59.9 Å². The predicted octanol–water partition coefficient (Wildman–Crippen LogP) is 2.52. The first-order chi connectivity index (χ1) is 14.5. The molecule has 1 saturated heterocycles. The average Bonchev–Trinajstić information content (AvgIpc) is 3.22. The van der Waals surface area contributed by atoms with Gasteiger partial charge in [0.25, 0.3) is 5.91 Å². The molecule has 0 atom stereocenters. The van der Waals surface area contributed by atoms with Gasteiger partial charge in [-0.05, 0) is 36.8 Å². The van der Waals surface area contributed by atoms with Gasteiger partial charge in [-0.1, -0.05) is 36.4 Å². The van der Waals surface area contributed by atoms with Gasteiger partial charge in [0.2, 0.25) is 10.0 Å². The molecule has 0 aliphatic carbocycles. The number of fused-ring (bicyclic) bond motifs is 2. The maximum Gasteiger partial charge on any atom is 0.274 e. The Balaban J connectivity index is 1.33. The van der Waals surface area contributed by atoms with Crippen LogP contribution >= 0.6 is 0 Å². The van der Waals surface area contributed by atoms with Crippen molar-refractivity contribution < 1.29 is 13.2 Å². The van der Waals surface area contributed by atoms with Crippen molar-refractivity contribution in [2.45, 2.75) is 30.7 Å². The number of aromatic nitrogens is 2. The van der Waals surface area contributed by atoms with Crippen molar-refractivity contribution in [2.24, 2.45) is 0 Å². The summed E-state index contributed by atoms with van der Waals surface area (Å²) in [4.78, 5) is 14.9. The zero-order valence-electron chi connectivity index (χ0n) is 16.7. The standard InChI is InChI=1S/C22H24N4O3S/c27-22(20-16-18-8-3-4-11-26(18)23-20)24-12-14-25(15-13-24)30(28,29)21-10-5-7-17-6-1-2-9-19(17)21/h1-2,5-7,9-10,16H,3-4,8,11-15H2. The van der Waals surface area contributed by atoms with Crippen LogP contribution in [0.15, 0.2) is 53.4 Å². The highest BCUT2D eigenvalue weighted by Gasteiger charge is 2.32. The molecule has 0 N–H and O–H groups in total. The van der Waals surface area contributed by atoms with Crippen LogP contribution in [-0.4, -0.2) is 59.5 Å². The fraction of sp³-hybridized carbons (Fsp3) is 0.364. The maximum absolute atomic E-state index is 13.3. The summed E-state index contributed by atoms with van der Waals surface area (Å²) in [5.41, 5.74) is 1.58. The van der Waals surface area contributed by atoms with E-state index in [2.05, 4.69) is 5.10 Å². The Bertz CT molecular complexity index is 1180. The molecular formula is C22H24N4O3S. The van der Waals surface area contributed by atoms with Crippen LogP contribution < -0.4 is 0 Å². The molecule has 3 heterocycles. The Morgan fingerprint density at radius 3 is 2.47 bits per heavy atom. The topological polar surface area (TPSA) is 75.5 Å². The van der Waals surface area contributed by atoms with Gasteiger partial charge in [0, 0.05) is 43.8 Å². The van der Waals surface area contributed by atoms with Crippen LogP contribution in [0.1, 0.15) is 29.0 Å². The number of sulfonamides is 1. The summed E-state index contributed by atoms with van der Waals surface area (Å²) in [5.74, 6) is -0.112. The highest BCUT2D eigenvalue weighted by molar-refractivity contribution is 7.89. The third kappa shape index (κ3) is 3.30. The van der Waals surface area contributed by atoms with Crippen molar-refractivity contribution in [3.8, 4) is 0 Å². The molecule has 1 amide bonds. The summed E-state index contributed by atoms with van der Waals surface area (Å²) >= 11 is 0. The molecule has 2 aliphatic rings. The van der Waals surface area contributed by atoms with E-state index in [9.17, 15) is 13.2 Å². The van der Waals surface area contributed by atoms with Gasteiger partial charge < -0.3 is 4.90 Å². The van der Waals surface area contributed by atoms with Gasteiger partial charge in [0.1, 0.15) is 0 Å². The van der Waals surface area contributed by atoms with Gasteiger partial charge in [-0.2, -0.15) is 9.40 Å². The molecule has 2 aliphatic heterocycles. The van der Waals surface area contributed by atoms with Crippen LogP contribution in [0, 0.1) is 0 Å². The number of rotatable bonds is 3. The van der Waals surface area contributed by atoms with Crippen molar-refractivity contribution >= 4 is 26.7 Å². The van der Waals surface area contributed by atoms with Crippen LogP contribution in [0.3, 0.4) is 0 Å². The van der Waals surface area contributed by atoms with Gasteiger partial charge in [0.15, 0.2) is 5.69 Å². The fourth-order valence-electron chi connectivity index (χ4n) is 4.38. The van der Waals surface area contributed by atoms with Gasteiger partial charge in [-0.15, -0.1) is 0 Å². The number of hydrogen-bond donors (Lipinski definition) is 0. The number of hydrogen-bond acceptors (Lipinski definition) is 4. The van der Waals surface area contributed by atoms with E-state index in [0.717, 1.165) is 42.3 Å².